The van der Waals surface area contributed by atoms with E-state index in [1.165, 1.54) is 180 Å². The summed E-state index contributed by atoms with van der Waals surface area (Å²) in [6.45, 7) is 4.57. The van der Waals surface area contributed by atoms with Crippen molar-refractivity contribution in [2.24, 2.45) is 11.8 Å². The van der Waals surface area contributed by atoms with Gasteiger partial charge in [-0.15, -0.1) is 0 Å². The molecule has 3 nitrogen and oxygen atoms in total. The number of rotatable bonds is 34. The number of ether oxygens (including phenoxy) is 1. The molecular weight excluding hydrogens is 552 g/mol. The lowest BCUT2D eigenvalue weighted by molar-refractivity contribution is -0.153. The predicted molar refractivity (Wildman–Crippen MR) is 195 cm³/mol. The molecule has 0 aromatic heterocycles. The van der Waals surface area contributed by atoms with Gasteiger partial charge in [-0.3, -0.25) is 9.59 Å². The van der Waals surface area contributed by atoms with E-state index in [9.17, 15) is 9.59 Å². The van der Waals surface area contributed by atoms with Crippen molar-refractivity contribution in [3.63, 3.8) is 0 Å². The molecule has 1 aliphatic rings. The Morgan fingerprint density at radius 3 is 0.844 bits per heavy atom. The Morgan fingerprint density at radius 1 is 0.378 bits per heavy atom. The van der Waals surface area contributed by atoms with Gasteiger partial charge in [0.1, 0.15) is 0 Å². The highest BCUT2D eigenvalue weighted by Gasteiger charge is 2.40. The van der Waals surface area contributed by atoms with Crippen LogP contribution in [0.25, 0.3) is 0 Å². The molecule has 0 bridgehead atoms. The fourth-order valence-corrected chi connectivity index (χ4v) is 6.68. The Balaban J connectivity index is 1.98. The number of cyclic esters (lactones) is 2. The monoisotopic (exact) mass is 629 g/mol. The molecule has 0 aliphatic carbocycles. The fraction of sp³-hybridized carbons (Fsp3) is 0.857. The Kier molecular flexibility index (Phi) is 30.1. The largest absolute Gasteiger partial charge is 0.392 e. The van der Waals surface area contributed by atoms with E-state index in [0.717, 1.165) is 25.7 Å². The van der Waals surface area contributed by atoms with Crippen molar-refractivity contribution < 1.29 is 14.3 Å². The molecule has 0 spiro atoms. The molecular formula is C42H76O3. The van der Waals surface area contributed by atoms with E-state index in [4.69, 9.17) is 4.74 Å². The summed E-state index contributed by atoms with van der Waals surface area (Å²) in [5, 5.41) is 0. The second-order valence-electron chi connectivity index (χ2n) is 14.1. The lowest BCUT2D eigenvalue weighted by Gasteiger charge is -2.05. The highest BCUT2D eigenvalue weighted by atomic mass is 16.6. The third kappa shape index (κ3) is 25.4. The maximum absolute atomic E-state index is 12.3. The third-order valence-electron chi connectivity index (χ3n) is 9.77. The van der Waals surface area contributed by atoms with E-state index in [0.29, 0.717) is 0 Å². The molecule has 0 saturated carbocycles. The first-order chi connectivity index (χ1) is 22.2. The number of carbonyl (C=O) groups is 2. The van der Waals surface area contributed by atoms with Gasteiger partial charge in [-0.2, -0.15) is 0 Å². The highest BCUT2D eigenvalue weighted by molar-refractivity contribution is 5.98. The van der Waals surface area contributed by atoms with Crippen molar-refractivity contribution in [1.29, 1.82) is 0 Å². The summed E-state index contributed by atoms with van der Waals surface area (Å²) >= 11 is 0. The minimum absolute atomic E-state index is 0.380. The summed E-state index contributed by atoms with van der Waals surface area (Å²) in [5.41, 5.74) is 0. The zero-order chi connectivity index (χ0) is 32.5. The van der Waals surface area contributed by atoms with Crippen LogP contribution in [0.5, 0.6) is 0 Å². The minimum Gasteiger partial charge on any atom is -0.392 e. The smallest absolute Gasteiger partial charge is 0.321 e. The zero-order valence-corrected chi connectivity index (χ0v) is 30.3. The summed E-state index contributed by atoms with van der Waals surface area (Å²) in [4.78, 5) is 24.5. The Bertz CT molecular complexity index is 663. The standard InChI is InChI=1S/C42H76O3/c1-3-5-7-9-11-13-15-17-19-21-23-25-27-29-31-33-35-37-39-40(42(44)45-41(39)43)38-36-34-32-30-28-26-24-22-20-18-16-14-12-10-8-6-4-2/h35-40H,3-34H2,1-2H3. The van der Waals surface area contributed by atoms with Gasteiger partial charge in [-0.1, -0.05) is 218 Å². The van der Waals surface area contributed by atoms with Gasteiger partial charge in [0.25, 0.3) is 0 Å². The molecule has 1 heterocycles. The molecule has 0 aromatic rings. The molecule has 45 heavy (non-hydrogen) atoms. The summed E-state index contributed by atoms with van der Waals surface area (Å²) in [5.74, 6) is -1.64. The van der Waals surface area contributed by atoms with Crippen molar-refractivity contribution >= 4 is 11.9 Å². The van der Waals surface area contributed by atoms with Gasteiger partial charge in [0.15, 0.2) is 0 Å². The van der Waals surface area contributed by atoms with Crippen molar-refractivity contribution in [3.8, 4) is 0 Å². The van der Waals surface area contributed by atoms with E-state index in [1.54, 1.807) is 0 Å². The first kappa shape index (κ1) is 41.6. The molecule has 1 rings (SSSR count). The molecule has 2 atom stereocenters. The quantitative estimate of drug-likeness (QED) is 0.0308. The topological polar surface area (TPSA) is 43.4 Å². The number of hydrogen-bond acceptors (Lipinski definition) is 3. The van der Waals surface area contributed by atoms with Crippen LogP contribution in [0.2, 0.25) is 0 Å². The number of carbonyl (C=O) groups excluding carboxylic acids is 2. The third-order valence-corrected chi connectivity index (χ3v) is 9.77. The molecule has 0 N–H and O–H groups in total. The van der Waals surface area contributed by atoms with E-state index in [1.807, 2.05) is 12.2 Å². The molecule has 2 unspecified atom stereocenters. The van der Waals surface area contributed by atoms with Crippen LogP contribution in [0.1, 0.15) is 219 Å². The van der Waals surface area contributed by atoms with Crippen molar-refractivity contribution in [3.05, 3.63) is 24.3 Å². The van der Waals surface area contributed by atoms with Crippen LogP contribution >= 0.6 is 0 Å². The molecule has 262 valence electrons. The summed E-state index contributed by atoms with van der Waals surface area (Å²) in [6.07, 6.45) is 51.1. The van der Waals surface area contributed by atoms with E-state index >= 15 is 0 Å². The number of unbranched alkanes of at least 4 members (excludes halogenated alkanes) is 30. The average molecular weight is 629 g/mol. The van der Waals surface area contributed by atoms with Gasteiger partial charge in [0.2, 0.25) is 0 Å². The van der Waals surface area contributed by atoms with Gasteiger partial charge in [-0.05, 0) is 25.7 Å². The second-order valence-corrected chi connectivity index (χ2v) is 14.1. The maximum atomic E-state index is 12.3. The van der Waals surface area contributed by atoms with E-state index in [-0.39, 0.29) is 11.9 Å². The number of hydrogen-bond donors (Lipinski definition) is 0. The van der Waals surface area contributed by atoms with Gasteiger partial charge in [-0.25, -0.2) is 0 Å². The Morgan fingerprint density at radius 2 is 0.600 bits per heavy atom. The van der Waals surface area contributed by atoms with E-state index < -0.39 is 11.8 Å². The second kappa shape index (κ2) is 32.6. The first-order valence-electron chi connectivity index (χ1n) is 20.3. The molecule has 1 saturated heterocycles. The average Bonchev–Trinajstić information content (AvgIpc) is 3.31. The Labute approximate surface area is 281 Å². The lowest BCUT2D eigenvalue weighted by Crippen LogP contribution is -2.13. The fourth-order valence-electron chi connectivity index (χ4n) is 6.68. The first-order valence-corrected chi connectivity index (χ1v) is 20.3. The van der Waals surface area contributed by atoms with Gasteiger partial charge in [0, 0.05) is 0 Å². The van der Waals surface area contributed by atoms with Gasteiger partial charge in [0.05, 0.1) is 11.8 Å². The zero-order valence-electron chi connectivity index (χ0n) is 30.3. The maximum Gasteiger partial charge on any atom is 0.321 e. The number of allylic oxidation sites excluding steroid dienone is 2. The molecule has 1 fully saturated rings. The molecule has 3 heteroatoms. The summed E-state index contributed by atoms with van der Waals surface area (Å²) in [6, 6.07) is 0. The van der Waals surface area contributed by atoms with Crippen LogP contribution in [0, 0.1) is 11.8 Å². The Hall–Kier alpha value is -1.38. The van der Waals surface area contributed by atoms with Crippen LogP contribution < -0.4 is 0 Å². The summed E-state index contributed by atoms with van der Waals surface area (Å²) < 4.78 is 4.97. The van der Waals surface area contributed by atoms with Crippen molar-refractivity contribution in [1.82, 2.24) is 0 Å². The van der Waals surface area contributed by atoms with Crippen LogP contribution in [0.15, 0.2) is 24.3 Å². The summed E-state index contributed by atoms with van der Waals surface area (Å²) in [7, 11) is 0. The van der Waals surface area contributed by atoms with Gasteiger partial charge < -0.3 is 4.74 Å². The SMILES string of the molecule is CCCCCCCCCCCCCCCCCC=CC1C(=O)OC(=O)C1C=CCCCCCCCCCCCCCCCCC. The predicted octanol–water partition coefficient (Wildman–Crippen LogP) is 13.9. The van der Waals surface area contributed by atoms with Crippen LogP contribution in [-0.4, -0.2) is 11.9 Å². The van der Waals surface area contributed by atoms with Crippen molar-refractivity contribution in [2.45, 2.75) is 219 Å². The molecule has 0 radical (unpaired) electrons. The molecule has 0 aromatic carbocycles. The highest BCUT2D eigenvalue weighted by Crippen LogP contribution is 2.27. The molecule has 1 aliphatic heterocycles. The van der Waals surface area contributed by atoms with Crippen molar-refractivity contribution in [2.75, 3.05) is 0 Å². The normalized spacial score (nSPS) is 16.9. The van der Waals surface area contributed by atoms with Crippen LogP contribution in [0.3, 0.4) is 0 Å². The van der Waals surface area contributed by atoms with Crippen LogP contribution in [0.4, 0.5) is 0 Å². The lowest BCUT2D eigenvalue weighted by atomic mass is 9.93. The van der Waals surface area contributed by atoms with Gasteiger partial charge >= 0.3 is 11.9 Å². The minimum atomic E-state index is -0.439. The molecule has 0 amide bonds. The van der Waals surface area contributed by atoms with E-state index in [2.05, 4.69) is 26.0 Å². The number of esters is 2. The van der Waals surface area contributed by atoms with Crippen LogP contribution in [-0.2, 0) is 14.3 Å².